The van der Waals surface area contributed by atoms with Gasteiger partial charge in [0.15, 0.2) is 0 Å². The number of carbonyl (C=O) groups is 1. The third-order valence-electron chi connectivity index (χ3n) is 2.66. The molecule has 0 radical (unpaired) electrons. The summed E-state index contributed by atoms with van der Waals surface area (Å²) in [6, 6.07) is 10.3. The molecular weight excluding hydrogens is 234 g/mol. The lowest BCUT2D eigenvalue weighted by Crippen LogP contribution is -2.31. The van der Waals surface area contributed by atoms with E-state index in [-0.39, 0.29) is 11.0 Å². The van der Waals surface area contributed by atoms with Gasteiger partial charge in [0.25, 0.3) is 0 Å². The predicted octanol–water partition coefficient (Wildman–Crippen LogP) is 0.985. The minimum absolute atomic E-state index is 0.170. The molecule has 0 aliphatic carbocycles. The number of hydrogen-bond donors (Lipinski definition) is 2. The lowest BCUT2D eigenvalue weighted by molar-refractivity contribution is 0.112. The molecule has 2 aromatic rings. The largest absolute Gasteiger partial charge is 0.489 e. The molecule has 0 atom stereocenters. The molecule has 3 nitrogen and oxygen atoms in total. The molecule has 5 heteroatoms. The maximum atomic E-state index is 13.8. The Morgan fingerprint density at radius 3 is 2.44 bits per heavy atom. The molecule has 90 valence electrons. The highest BCUT2D eigenvalue weighted by Gasteiger charge is 2.18. The summed E-state index contributed by atoms with van der Waals surface area (Å²) in [6.45, 7) is 0. The summed E-state index contributed by atoms with van der Waals surface area (Å²) < 4.78 is 13.8. The van der Waals surface area contributed by atoms with E-state index in [1.807, 2.05) is 0 Å². The van der Waals surface area contributed by atoms with Gasteiger partial charge in [-0.15, -0.1) is 0 Å². The van der Waals surface area contributed by atoms with E-state index >= 15 is 0 Å². The van der Waals surface area contributed by atoms with Crippen molar-refractivity contribution in [2.75, 3.05) is 0 Å². The standard InChI is InChI=1S/C13H10BFO3/c15-13-6-5-9(8-16)7-11(13)10-3-1-2-4-12(10)14(17)18/h1-8,17-18H. The highest BCUT2D eigenvalue weighted by atomic mass is 19.1. The lowest BCUT2D eigenvalue weighted by Gasteiger charge is -2.10. The van der Waals surface area contributed by atoms with Gasteiger partial charge in [0.1, 0.15) is 12.1 Å². The van der Waals surface area contributed by atoms with Crippen LogP contribution < -0.4 is 5.46 Å². The summed E-state index contributed by atoms with van der Waals surface area (Å²) in [7, 11) is -1.69. The van der Waals surface area contributed by atoms with E-state index in [9.17, 15) is 19.2 Å². The van der Waals surface area contributed by atoms with Crippen LogP contribution in [0, 0.1) is 5.82 Å². The summed E-state index contributed by atoms with van der Waals surface area (Å²) in [5, 5.41) is 18.5. The number of benzene rings is 2. The molecule has 0 saturated carbocycles. The maximum Gasteiger partial charge on any atom is 0.489 e. The van der Waals surface area contributed by atoms with Crippen molar-refractivity contribution < 1.29 is 19.2 Å². The van der Waals surface area contributed by atoms with Crippen molar-refractivity contribution in [3.8, 4) is 11.1 Å². The Balaban J connectivity index is 2.64. The molecule has 2 rings (SSSR count). The van der Waals surface area contributed by atoms with Crippen molar-refractivity contribution in [2.24, 2.45) is 0 Å². The number of halogens is 1. The zero-order chi connectivity index (χ0) is 13.1. The van der Waals surface area contributed by atoms with Gasteiger partial charge in [-0.2, -0.15) is 0 Å². The number of aldehydes is 1. The van der Waals surface area contributed by atoms with Gasteiger partial charge in [-0.3, -0.25) is 4.79 Å². The number of hydrogen-bond acceptors (Lipinski definition) is 3. The van der Waals surface area contributed by atoms with Gasteiger partial charge >= 0.3 is 7.12 Å². The fraction of sp³-hybridized carbons (Fsp3) is 0. The molecule has 0 aliphatic rings. The van der Waals surface area contributed by atoms with Crippen LogP contribution in [0.2, 0.25) is 0 Å². The second-order valence-corrected chi connectivity index (χ2v) is 3.82. The molecule has 0 aromatic heterocycles. The normalized spacial score (nSPS) is 10.2. The quantitative estimate of drug-likeness (QED) is 0.625. The van der Waals surface area contributed by atoms with Gasteiger partial charge in [-0.25, -0.2) is 4.39 Å². The fourth-order valence-corrected chi connectivity index (χ4v) is 1.79. The van der Waals surface area contributed by atoms with Crippen molar-refractivity contribution in [3.05, 3.63) is 53.8 Å². The summed E-state index contributed by atoms with van der Waals surface area (Å²) in [5.74, 6) is -0.520. The maximum absolute atomic E-state index is 13.8. The van der Waals surface area contributed by atoms with Gasteiger partial charge in [0.05, 0.1) is 0 Å². The first kappa shape index (κ1) is 12.5. The molecule has 0 amide bonds. The first-order chi connectivity index (χ1) is 8.63. The van der Waals surface area contributed by atoms with Crippen LogP contribution in [0.15, 0.2) is 42.5 Å². The average molecular weight is 244 g/mol. The predicted molar refractivity (Wildman–Crippen MR) is 67.0 cm³/mol. The van der Waals surface area contributed by atoms with E-state index in [4.69, 9.17) is 0 Å². The summed E-state index contributed by atoms with van der Waals surface area (Å²) in [4.78, 5) is 10.7. The smallest absolute Gasteiger partial charge is 0.423 e. The Hall–Kier alpha value is -1.98. The molecule has 0 saturated heterocycles. The molecule has 0 bridgehead atoms. The first-order valence-corrected chi connectivity index (χ1v) is 5.33. The monoisotopic (exact) mass is 244 g/mol. The van der Waals surface area contributed by atoms with E-state index in [0.29, 0.717) is 17.4 Å². The van der Waals surface area contributed by atoms with E-state index in [1.165, 1.54) is 24.3 Å². The summed E-state index contributed by atoms with van der Waals surface area (Å²) >= 11 is 0. The zero-order valence-corrected chi connectivity index (χ0v) is 9.38. The van der Waals surface area contributed by atoms with Gasteiger partial charge in [0, 0.05) is 11.1 Å². The van der Waals surface area contributed by atoms with Crippen molar-refractivity contribution in [2.45, 2.75) is 0 Å². The molecule has 2 N–H and O–H groups in total. The Labute approximate surface area is 104 Å². The van der Waals surface area contributed by atoms with Crippen molar-refractivity contribution >= 4 is 18.9 Å². The van der Waals surface area contributed by atoms with E-state index in [1.54, 1.807) is 18.2 Å². The Morgan fingerprint density at radius 2 is 1.78 bits per heavy atom. The van der Waals surface area contributed by atoms with Crippen LogP contribution in [0.25, 0.3) is 11.1 Å². The minimum atomic E-state index is -1.69. The molecule has 0 heterocycles. The van der Waals surface area contributed by atoms with Gasteiger partial charge < -0.3 is 10.0 Å². The molecule has 0 fully saturated rings. The first-order valence-electron chi connectivity index (χ1n) is 5.33. The average Bonchev–Trinajstić information content (AvgIpc) is 2.39. The Kier molecular flexibility index (Phi) is 3.55. The summed E-state index contributed by atoms with van der Waals surface area (Å²) in [5.41, 5.74) is 1.05. The molecule has 18 heavy (non-hydrogen) atoms. The van der Waals surface area contributed by atoms with E-state index in [2.05, 4.69) is 0 Å². The van der Waals surface area contributed by atoms with Crippen molar-refractivity contribution in [1.29, 1.82) is 0 Å². The topological polar surface area (TPSA) is 57.5 Å². The Morgan fingerprint density at radius 1 is 1.06 bits per heavy atom. The highest BCUT2D eigenvalue weighted by molar-refractivity contribution is 6.60. The second-order valence-electron chi connectivity index (χ2n) is 3.82. The van der Waals surface area contributed by atoms with Crippen LogP contribution in [-0.4, -0.2) is 23.5 Å². The highest BCUT2D eigenvalue weighted by Crippen LogP contribution is 2.22. The zero-order valence-electron chi connectivity index (χ0n) is 9.38. The van der Waals surface area contributed by atoms with Crippen LogP contribution in [0.1, 0.15) is 10.4 Å². The van der Waals surface area contributed by atoms with Crippen LogP contribution in [0.5, 0.6) is 0 Å². The molecule has 0 unspecified atom stereocenters. The van der Waals surface area contributed by atoms with Crippen molar-refractivity contribution in [3.63, 3.8) is 0 Å². The number of rotatable bonds is 3. The van der Waals surface area contributed by atoms with Gasteiger partial charge in [-0.1, -0.05) is 24.3 Å². The lowest BCUT2D eigenvalue weighted by atomic mass is 9.75. The SMILES string of the molecule is O=Cc1ccc(F)c(-c2ccccc2B(O)O)c1. The van der Waals surface area contributed by atoms with Gasteiger partial charge in [-0.05, 0) is 29.2 Å². The number of carbonyl (C=O) groups excluding carboxylic acids is 1. The third-order valence-corrected chi connectivity index (χ3v) is 2.66. The van der Waals surface area contributed by atoms with Crippen LogP contribution in [0.3, 0.4) is 0 Å². The molecule has 2 aromatic carbocycles. The van der Waals surface area contributed by atoms with E-state index in [0.717, 1.165) is 0 Å². The van der Waals surface area contributed by atoms with Crippen LogP contribution in [0.4, 0.5) is 4.39 Å². The molecular formula is C13H10BFO3. The summed E-state index contributed by atoms with van der Waals surface area (Å²) in [6.07, 6.45) is 0.612. The third kappa shape index (κ3) is 2.32. The molecule has 0 spiro atoms. The second kappa shape index (κ2) is 5.12. The molecule has 0 aliphatic heterocycles. The van der Waals surface area contributed by atoms with E-state index < -0.39 is 12.9 Å². The van der Waals surface area contributed by atoms with Crippen molar-refractivity contribution in [1.82, 2.24) is 0 Å². The van der Waals surface area contributed by atoms with Gasteiger partial charge in [0.2, 0.25) is 0 Å². The van der Waals surface area contributed by atoms with Crippen LogP contribution in [-0.2, 0) is 0 Å². The minimum Gasteiger partial charge on any atom is -0.423 e. The van der Waals surface area contributed by atoms with Crippen LogP contribution >= 0.6 is 0 Å². The fourth-order valence-electron chi connectivity index (χ4n) is 1.79. The Bertz CT molecular complexity index is 584.